The maximum absolute atomic E-state index is 12.8. The number of rotatable bonds is 14. The number of nitrogens with zero attached hydrogens (tertiary/aromatic N) is 2. The number of aromatic carboxylic acids is 2. The molecule has 0 bridgehead atoms. The van der Waals surface area contributed by atoms with Crippen molar-refractivity contribution < 1.29 is 58.8 Å². The van der Waals surface area contributed by atoms with Gasteiger partial charge in [0.2, 0.25) is 0 Å². The molecule has 0 saturated carbocycles. The van der Waals surface area contributed by atoms with Crippen LogP contribution in [0.25, 0.3) is 11.1 Å². The van der Waals surface area contributed by atoms with Gasteiger partial charge in [-0.3, -0.25) is 25.5 Å². The van der Waals surface area contributed by atoms with E-state index >= 15 is 0 Å². The van der Waals surface area contributed by atoms with Crippen LogP contribution < -0.4 is 14.2 Å². The molecule has 6 aromatic rings. The third-order valence-electron chi connectivity index (χ3n) is 8.28. The Balaban J connectivity index is 1.07. The van der Waals surface area contributed by atoms with Gasteiger partial charge in [0.1, 0.15) is 28.7 Å². The van der Waals surface area contributed by atoms with E-state index in [1.807, 2.05) is 24.3 Å². The highest BCUT2D eigenvalue weighted by Crippen LogP contribution is 2.37. The van der Waals surface area contributed by atoms with Crippen LogP contribution in [0.2, 0.25) is 0 Å². The zero-order chi connectivity index (χ0) is 39.9. The molecule has 56 heavy (non-hydrogen) atoms. The first-order chi connectivity index (χ1) is 26.9. The van der Waals surface area contributed by atoms with Gasteiger partial charge in [0.25, 0.3) is 11.4 Å². The first-order valence-electron chi connectivity index (χ1n) is 16.2. The second-order valence-corrected chi connectivity index (χ2v) is 11.7. The molecule has 0 aliphatic carbocycles. The van der Waals surface area contributed by atoms with Crippen molar-refractivity contribution >= 4 is 29.3 Å². The van der Waals surface area contributed by atoms with Crippen molar-refractivity contribution in [2.75, 3.05) is 0 Å². The van der Waals surface area contributed by atoms with Gasteiger partial charge in [-0.15, -0.1) is 0 Å². The van der Waals surface area contributed by atoms with Crippen molar-refractivity contribution in [1.82, 2.24) is 0 Å². The Bertz CT molecular complexity index is 2380. The molecular weight excluding hydrogens is 732 g/mol. The second-order valence-electron chi connectivity index (χ2n) is 11.7. The van der Waals surface area contributed by atoms with Crippen molar-refractivity contribution in [3.8, 4) is 39.9 Å². The van der Waals surface area contributed by atoms with Crippen LogP contribution in [0, 0.1) is 20.2 Å². The van der Waals surface area contributed by atoms with Crippen LogP contribution in [-0.4, -0.2) is 43.2 Å². The Morgan fingerprint density at radius 1 is 0.536 bits per heavy atom. The van der Waals surface area contributed by atoms with E-state index in [1.54, 1.807) is 36.4 Å². The summed E-state index contributed by atoms with van der Waals surface area (Å²) in [7, 11) is 0. The number of hydrogen-bond donors (Lipinski definition) is 3. The molecule has 280 valence electrons. The molecule has 0 spiro atoms. The number of carbonyl (C=O) groups excluding carboxylic acids is 1. The Hall–Kier alpha value is -7.95. The van der Waals surface area contributed by atoms with Gasteiger partial charge in [-0.05, 0) is 89.5 Å². The smallest absolute Gasteiger partial charge is 0.351 e. The fraction of sp³-hybridized carbons (Fsp3) is 0.0250. The lowest BCUT2D eigenvalue weighted by molar-refractivity contribution is -0.387. The third-order valence-corrected chi connectivity index (χ3v) is 8.28. The molecule has 6 aromatic carbocycles. The van der Waals surface area contributed by atoms with Gasteiger partial charge < -0.3 is 24.4 Å². The Morgan fingerprint density at radius 3 is 1.39 bits per heavy atom. The van der Waals surface area contributed by atoms with E-state index in [2.05, 4.69) is 4.89 Å². The number of nitro benzene ring substituents is 2. The van der Waals surface area contributed by atoms with Gasteiger partial charge >= 0.3 is 17.9 Å². The minimum atomic E-state index is -1.52. The van der Waals surface area contributed by atoms with Crippen LogP contribution in [0.1, 0.15) is 48.3 Å². The molecule has 1 atom stereocenters. The SMILES string of the molecule is O=C(O)c1cccc([N+](=O)[O-])c1C(=O)Oc1ccc(Oc2ccc(-c3ccc(Oc4ccc(C(OO)c5c(C(=O)O)cccc5[N+](=O)[O-])cc4)cc3)cc2)cc1. The minimum absolute atomic E-state index is 0.00833. The highest BCUT2D eigenvalue weighted by molar-refractivity contribution is 6.06. The number of esters is 1. The second kappa shape index (κ2) is 16.4. The van der Waals surface area contributed by atoms with Crippen LogP contribution in [-0.2, 0) is 4.89 Å². The molecule has 6 rings (SSSR count). The van der Waals surface area contributed by atoms with E-state index in [0.717, 1.165) is 35.4 Å². The third kappa shape index (κ3) is 8.31. The molecule has 0 amide bonds. The maximum Gasteiger partial charge on any atom is 0.351 e. The number of carboxylic acid groups (broad SMARTS) is 2. The van der Waals surface area contributed by atoms with E-state index in [-0.39, 0.29) is 16.9 Å². The normalized spacial score (nSPS) is 11.2. The summed E-state index contributed by atoms with van der Waals surface area (Å²) >= 11 is 0. The number of carboxylic acids is 2. The predicted molar refractivity (Wildman–Crippen MR) is 196 cm³/mol. The molecule has 0 aliphatic rings. The largest absolute Gasteiger partial charge is 0.478 e. The van der Waals surface area contributed by atoms with Crippen LogP contribution in [0.3, 0.4) is 0 Å². The zero-order valence-electron chi connectivity index (χ0n) is 28.5. The topological polar surface area (TPSA) is 235 Å². The van der Waals surface area contributed by atoms with Gasteiger partial charge in [0, 0.05) is 12.1 Å². The summed E-state index contributed by atoms with van der Waals surface area (Å²) in [5, 5.41) is 51.7. The molecule has 0 fully saturated rings. The molecule has 16 nitrogen and oxygen atoms in total. The lowest BCUT2D eigenvalue weighted by Crippen LogP contribution is -2.16. The lowest BCUT2D eigenvalue weighted by atomic mass is 9.95. The van der Waals surface area contributed by atoms with Crippen molar-refractivity contribution in [2.45, 2.75) is 6.10 Å². The van der Waals surface area contributed by atoms with Crippen LogP contribution in [0.5, 0.6) is 28.7 Å². The summed E-state index contributed by atoms with van der Waals surface area (Å²) in [5.74, 6) is -2.38. The highest BCUT2D eigenvalue weighted by Gasteiger charge is 2.31. The average Bonchev–Trinajstić information content (AvgIpc) is 3.19. The molecule has 0 radical (unpaired) electrons. The molecular formula is C40H26N2O14. The summed E-state index contributed by atoms with van der Waals surface area (Å²) in [6, 6.07) is 32.9. The van der Waals surface area contributed by atoms with Crippen molar-refractivity contribution in [3.05, 3.63) is 182 Å². The van der Waals surface area contributed by atoms with Crippen LogP contribution in [0.4, 0.5) is 11.4 Å². The monoisotopic (exact) mass is 758 g/mol. The van der Waals surface area contributed by atoms with Gasteiger partial charge in [0.15, 0.2) is 11.7 Å². The summed E-state index contributed by atoms with van der Waals surface area (Å²) < 4.78 is 17.0. The summed E-state index contributed by atoms with van der Waals surface area (Å²) in [5.41, 5.74) is -1.21. The van der Waals surface area contributed by atoms with Gasteiger partial charge in [-0.1, -0.05) is 48.5 Å². The standard InChI is InChI=1S/C40H26N2O14/c43-38(44)31-3-1-5-33(41(48)49)35(31)37(56-52)25-11-17-28(18-12-25)53-26-13-7-23(8-14-26)24-9-15-27(16-10-24)54-29-19-21-30(22-20-29)55-40(47)36-32(39(45)46)4-2-6-34(36)42(50)51/h1-22,37,52H,(H,43,44)(H,45,46). The molecule has 16 heteroatoms. The summed E-state index contributed by atoms with van der Waals surface area (Å²) in [6.45, 7) is 0. The molecule has 0 saturated heterocycles. The minimum Gasteiger partial charge on any atom is -0.478 e. The van der Waals surface area contributed by atoms with Gasteiger partial charge in [0.05, 0.1) is 26.5 Å². The molecule has 3 N–H and O–H groups in total. The predicted octanol–water partition coefficient (Wildman–Crippen LogP) is 8.95. The maximum atomic E-state index is 12.8. The van der Waals surface area contributed by atoms with Crippen LogP contribution >= 0.6 is 0 Å². The Labute approximate surface area is 315 Å². The van der Waals surface area contributed by atoms with Gasteiger partial charge in [-0.2, -0.15) is 0 Å². The van der Waals surface area contributed by atoms with Crippen molar-refractivity contribution in [2.24, 2.45) is 0 Å². The number of benzene rings is 6. The number of carbonyl (C=O) groups is 3. The quantitative estimate of drug-likeness (QED) is 0.0309. The highest BCUT2D eigenvalue weighted by atomic mass is 17.1. The molecule has 0 heterocycles. The van der Waals surface area contributed by atoms with Crippen LogP contribution in [0.15, 0.2) is 133 Å². The first kappa shape index (κ1) is 37.8. The summed E-state index contributed by atoms with van der Waals surface area (Å²) in [6.07, 6.45) is -1.46. The fourth-order valence-electron chi connectivity index (χ4n) is 5.69. The van der Waals surface area contributed by atoms with Crippen molar-refractivity contribution in [3.63, 3.8) is 0 Å². The first-order valence-corrected chi connectivity index (χ1v) is 16.2. The van der Waals surface area contributed by atoms with E-state index in [4.69, 9.17) is 14.2 Å². The van der Waals surface area contributed by atoms with E-state index < -0.39 is 61.9 Å². The summed E-state index contributed by atoms with van der Waals surface area (Å²) in [4.78, 5) is 62.1. The number of hydrogen-bond acceptors (Lipinski definition) is 12. The molecule has 1 unspecified atom stereocenters. The van der Waals surface area contributed by atoms with Crippen molar-refractivity contribution in [1.29, 1.82) is 0 Å². The zero-order valence-corrected chi connectivity index (χ0v) is 28.5. The lowest BCUT2D eigenvalue weighted by Gasteiger charge is -2.17. The van der Waals surface area contributed by atoms with Gasteiger partial charge in [-0.25, -0.2) is 19.3 Å². The number of ether oxygens (including phenoxy) is 3. The van der Waals surface area contributed by atoms with E-state index in [1.165, 1.54) is 48.5 Å². The molecule has 0 aromatic heterocycles. The Morgan fingerprint density at radius 2 is 0.946 bits per heavy atom. The molecule has 0 aliphatic heterocycles. The number of nitro groups is 2. The Kier molecular flexibility index (Phi) is 11.1. The van der Waals surface area contributed by atoms with E-state index in [9.17, 15) is 50.1 Å². The fourth-order valence-corrected chi connectivity index (χ4v) is 5.69. The average molecular weight is 759 g/mol. The van der Waals surface area contributed by atoms with E-state index in [0.29, 0.717) is 23.0 Å².